The average molecular weight is 1450 g/mol. The molecule has 0 saturated heterocycles. The maximum Gasteiger partial charge on any atom is 0.472 e. The van der Waals surface area contributed by atoms with E-state index < -0.39 is 97.5 Å². The maximum atomic E-state index is 13.1. The van der Waals surface area contributed by atoms with Crippen LogP contribution < -0.4 is 0 Å². The molecule has 0 amide bonds. The highest BCUT2D eigenvalue weighted by Crippen LogP contribution is 2.45. The molecule has 6 atom stereocenters. The van der Waals surface area contributed by atoms with Gasteiger partial charge >= 0.3 is 39.5 Å². The molecule has 0 aliphatic rings. The third kappa shape index (κ3) is 72.8. The van der Waals surface area contributed by atoms with E-state index in [2.05, 4.69) is 41.5 Å². The number of unbranched alkanes of at least 4 members (excludes halogenated alkanes) is 48. The van der Waals surface area contributed by atoms with Crippen molar-refractivity contribution in [3.05, 3.63) is 0 Å². The van der Waals surface area contributed by atoms with Gasteiger partial charge in [0.1, 0.15) is 19.3 Å². The summed E-state index contributed by atoms with van der Waals surface area (Å²) >= 11 is 0. The van der Waals surface area contributed by atoms with E-state index in [9.17, 15) is 43.2 Å². The molecule has 0 saturated carbocycles. The first-order valence-corrected chi connectivity index (χ1v) is 44.5. The Morgan fingerprint density at radius 1 is 0.293 bits per heavy atom. The van der Waals surface area contributed by atoms with Crippen LogP contribution in [0.4, 0.5) is 0 Å². The van der Waals surface area contributed by atoms with Crippen LogP contribution >= 0.6 is 15.6 Å². The standard InChI is InChI=1S/C80H156O17P2/c1-7-10-12-14-15-16-17-18-19-20-21-22-23-24-25-30-36-41-46-52-58-65-80(85)97-76(69-91-78(83)63-57-51-45-40-35-29-27-26-28-34-39-44-50-55-61-73(6)9-3)71-95-99(88,89)93-67-74(81)66-92-98(86,87)94-70-75(68-90-77(82)62-56-48-13-11-8-2)96-79(84)64-59-53-47-42-37-32-31-33-38-43-49-54-60-72(4)5/h72-76,81H,7-71H2,1-6H3,(H,86,87)(H,88,89)/t73?,74-,75+,76+/m0/s1. The van der Waals surface area contributed by atoms with Crippen LogP contribution in [0.5, 0.6) is 0 Å². The van der Waals surface area contributed by atoms with Gasteiger partial charge in [0.05, 0.1) is 26.4 Å². The number of phosphoric acid groups is 2. The van der Waals surface area contributed by atoms with Crippen LogP contribution in [0.15, 0.2) is 0 Å². The lowest BCUT2D eigenvalue weighted by atomic mass is 9.99. The SMILES string of the molecule is CCCCCCCCCCCCCCCCCCCCCCCC(=O)O[C@H](COC(=O)CCCCCCCCCCCCCCCCC(C)CC)COP(=O)(O)OC[C@@H](O)COP(=O)(O)OC[C@@H](COC(=O)CCCCCCC)OC(=O)CCCCCCCCCCCCCCC(C)C. The van der Waals surface area contributed by atoms with Gasteiger partial charge in [0.25, 0.3) is 0 Å². The Balaban J connectivity index is 5.12. The van der Waals surface area contributed by atoms with Gasteiger partial charge in [-0.2, -0.15) is 0 Å². The van der Waals surface area contributed by atoms with E-state index in [1.165, 1.54) is 231 Å². The Kier molecular flexibility index (Phi) is 70.3. The van der Waals surface area contributed by atoms with Crippen molar-refractivity contribution >= 4 is 39.5 Å². The first-order chi connectivity index (χ1) is 47.9. The lowest BCUT2D eigenvalue weighted by Gasteiger charge is -2.21. The minimum Gasteiger partial charge on any atom is -0.462 e. The molecular formula is C80H156O17P2. The molecule has 0 aliphatic carbocycles. The molecule has 17 nitrogen and oxygen atoms in total. The molecule has 3 N–H and O–H groups in total. The van der Waals surface area contributed by atoms with Crippen molar-refractivity contribution in [2.75, 3.05) is 39.6 Å². The molecule has 0 spiro atoms. The molecule has 0 fully saturated rings. The maximum absolute atomic E-state index is 13.1. The van der Waals surface area contributed by atoms with Gasteiger partial charge in [-0.3, -0.25) is 37.3 Å². The minimum absolute atomic E-state index is 0.106. The third-order valence-corrected chi connectivity index (χ3v) is 21.0. The zero-order valence-electron chi connectivity index (χ0n) is 64.8. The lowest BCUT2D eigenvalue weighted by Crippen LogP contribution is -2.30. The Morgan fingerprint density at radius 2 is 0.515 bits per heavy atom. The van der Waals surface area contributed by atoms with Crippen molar-refractivity contribution in [2.45, 2.75) is 439 Å². The monoisotopic (exact) mass is 1450 g/mol. The van der Waals surface area contributed by atoms with Crippen LogP contribution in [0.25, 0.3) is 0 Å². The smallest absolute Gasteiger partial charge is 0.462 e. The Morgan fingerprint density at radius 3 is 0.768 bits per heavy atom. The summed E-state index contributed by atoms with van der Waals surface area (Å²) in [7, 11) is -9.91. The third-order valence-electron chi connectivity index (χ3n) is 19.1. The van der Waals surface area contributed by atoms with Gasteiger partial charge in [0.2, 0.25) is 0 Å². The van der Waals surface area contributed by atoms with Gasteiger partial charge in [-0.05, 0) is 37.5 Å². The predicted molar refractivity (Wildman–Crippen MR) is 405 cm³/mol. The normalized spacial score (nSPS) is 14.2. The fourth-order valence-corrected chi connectivity index (χ4v) is 13.9. The van der Waals surface area contributed by atoms with Gasteiger partial charge in [-0.1, -0.05) is 369 Å². The quantitative estimate of drug-likeness (QED) is 0.0222. The first kappa shape index (κ1) is 97.1. The number of hydrogen-bond donors (Lipinski definition) is 3. The van der Waals surface area contributed by atoms with Crippen molar-refractivity contribution < 1.29 is 80.2 Å². The van der Waals surface area contributed by atoms with Gasteiger partial charge in [-0.25, -0.2) is 9.13 Å². The van der Waals surface area contributed by atoms with E-state index in [0.717, 1.165) is 108 Å². The van der Waals surface area contributed by atoms with E-state index in [1.807, 2.05) is 0 Å². The van der Waals surface area contributed by atoms with E-state index in [1.54, 1.807) is 0 Å². The highest BCUT2D eigenvalue weighted by molar-refractivity contribution is 7.47. The zero-order valence-corrected chi connectivity index (χ0v) is 66.6. The van der Waals surface area contributed by atoms with Gasteiger partial charge in [-0.15, -0.1) is 0 Å². The van der Waals surface area contributed by atoms with Crippen molar-refractivity contribution in [2.24, 2.45) is 11.8 Å². The number of carbonyl (C=O) groups excluding carboxylic acids is 4. The predicted octanol–water partition coefficient (Wildman–Crippen LogP) is 23.9. The van der Waals surface area contributed by atoms with Crippen molar-refractivity contribution in [3.8, 4) is 0 Å². The highest BCUT2D eigenvalue weighted by atomic mass is 31.2. The number of aliphatic hydroxyl groups is 1. The van der Waals surface area contributed by atoms with E-state index in [4.69, 9.17) is 37.0 Å². The number of aliphatic hydroxyl groups excluding tert-OH is 1. The molecule has 0 rings (SSSR count). The molecule has 0 aliphatic heterocycles. The van der Waals surface area contributed by atoms with Crippen LogP contribution in [0.3, 0.4) is 0 Å². The largest absolute Gasteiger partial charge is 0.472 e. The number of ether oxygens (including phenoxy) is 4. The van der Waals surface area contributed by atoms with E-state index in [-0.39, 0.29) is 25.7 Å². The van der Waals surface area contributed by atoms with Crippen molar-refractivity contribution in [1.82, 2.24) is 0 Å². The fraction of sp³-hybridized carbons (Fsp3) is 0.950. The van der Waals surface area contributed by atoms with Crippen LogP contribution in [0.1, 0.15) is 420 Å². The Bertz CT molecular complexity index is 1910. The van der Waals surface area contributed by atoms with Gasteiger partial charge in [0.15, 0.2) is 12.2 Å². The van der Waals surface area contributed by atoms with Crippen LogP contribution in [0, 0.1) is 11.8 Å². The number of carbonyl (C=O) groups is 4. The molecule has 19 heteroatoms. The minimum atomic E-state index is -4.96. The molecule has 0 aromatic carbocycles. The van der Waals surface area contributed by atoms with E-state index in [0.29, 0.717) is 25.7 Å². The Hall–Kier alpha value is -1.94. The topological polar surface area (TPSA) is 237 Å². The molecule has 0 bridgehead atoms. The fourth-order valence-electron chi connectivity index (χ4n) is 12.3. The van der Waals surface area contributed by atoms with Gasteiger partial charge in [0, 0.05) is 25.7 Å². The molecule has 99 heavy (non-hydrogen) atoms. The van der Waals surface area contributed by atoms with E-state index >= 15 is 0 Å². The second-order valence-electron chi connectivity index (χ2n) is 29.5. The number of hydrogen-bond acceptors (Lipinski definition) is 15. The summed E-state index contributed by atoms with van der Waals surface area (Å²) in [4.78, 5) is 72.7. The molecule has 0 heterocycles. The number of rotatable bonds is 79. The van der Waals surface area contributed by atoms with Crippen molar-refractivity contribution in [1.29, 1.82) is 0 Å². The molecule has 0 aromatic rings. The molecule has 3 unspecified atom stereocenters. The lowest BCUT2D eigenvalue weighted by molar-refractivity contribution is -0.161. The molecular weight excluding hydrogens is 1290 g/mol. The van der Waals surface area contributed by atoms with Crippen LogP contribution in [-0.4, -0.2) is 96.7 Å². The highest BCUT2D eigenvalue weighted by Gasteiger charge is 2.30. The second-order valence-corrected chi connectivity index (χ2v) is 32.4. The molecule has 0 aromatic heterocycles. The summed E-state index contributed by atoms with van der Waals surface area (Å²) in [6.45, 7) is 9.60. The number of phosphoric ester groups is 2. The summed E-state index contributed by atoms with van der Waals surface area (Å²) in [6.07, 6.45) is 61.5. The summed E-state index contributed by atoms with van der Waals surface area (Å²) in [6, 6.07) is 0. The summed E-state index contributed by atoms with van der Waals surface area (Å²) in [5.41, 5.74) is 0. The summed E-state index contributed by atoms with van der Waals surface area (Å²) in [5.74, 6) is -0.495. The Labute approximate surface area is 607 Å². The van der Waals surface area contributed by atoms with Gasteiger partial charge < -0.3 is 33.8 Å². The molecule has 0 radical (unpaired) electrons. The number of esters is 4. The zero-order chi connectivity index (χ0) is 72.8. The second kappa shape index (κ2) is 71.7. The van der Waals surface area contributed by atoms with Crippen LogP contribution in [-0.2, 0) is 65.4 Å². The summed E-state index contributed by atoms with van der Waals surface area (Å²) in [5, 5.41) is 10.6. The first-order valence-electron chi connectivity index (χ1n) is 41.5. The van der Waals surface area contributed by atoms with Crippen LogP contribution in [0.2, 0.25) is 0 Å². The van der Waals surface area contributed by atoms with Crippen molar-refractivity contribution in [3.63, 3.8) is 0 Å². The summed E-state index contributed by atoms with van der Waals surface area (Å²) < 4.78 is 68.4. The molecule has 588 valence electrons. The average Bonchev–Trinajstić information content (AvgIpc) is 1.05.